The lowest BCUT2D eigenvalue weighted by Crippen LogP contribution is -2.27. The van der Waals surface area contributed by atoms with Crippen molar-refractivity contribution in [3.63, 3.8) is 0 Å². The van der Waals surface area contributed by atoms with Crippen molar-refractivity contribution in [3.05, 3.63) is 24.2 Å². The summed E-state index contributed by atoms with van der Waals surface area (Å²) in [5.74, 6) is 0.281. The fourth-order valence-electron chi connectivity index (χ4n) is 1.81. The summed E-state index contributed by atoms with van der Waals surface area (Å²) in [6, 6.07) is 1.91. The summed E-state index contributed by atoms with van der Waals surface area (Å²) in [6.07, 6.45) is 7.09. The van der Waals surface area contributed by atoms with Gasteiger partial charge in [-0.25, -0.2) is 0 Å². The van der Waals surface area contributed by atoms with E-state index in [4.69, 9.17) is 4.42 Å². The smallest absolute Gasteiger partial charge is 0.222 e. The summed E-state index contributed by atoms with van der Waals surface area (Å²) in [6.45, 7) is 5.90. The van der Waals surface area contributed by atoms with Crippen LogP contribution in [-0.4, -0.2) is 23.9 Å². The third-order valence-electron chi connectivity index (χ3n) is 2.67. The van der Waals surface area contributed by atoms with Crippen LogP contribution in [0.15, 0.2) is 23.0 Å². The minimum absolute atomic E-state index is 0.281. The summed E-state index contributed by atoms with van der Waals surface area (Å²) in [4.78, 5) is 13.6. The van der Waals surface area contributed by atoms with Gasteiger partial charge in [0, 0.05) is 19.5 Å². The maximum Gasteiger partial charge on any atom is 0.222 e. The zero-order valence-corrected chi connectivity index (χ0v) is 10.2. The highest BCUT2D eigenvalue weighted by molar-refractivity contribution is 5.76. The molecule has 1 aliphatic rings. The van der Waals surface area contributed by atoms with E-state index >= 15 is 0 Å². The number of carbonyl (C=O) groups is 1. The minimum Gasteiger partial charge on any atom is -0.472 e. The number of likely N-dealkylation sites (tertiary alicyclic amines) is 1. The molecule has 0 aromatic carbocycles. The highest BCUT2D eigenvalue weighted by atomic mass is 16.3. The molecule has 1 aliphatic heterocycles. The van der Waals surface area contributed by atoms with Crippen LogP contribution in [0.1, 0.15) is 38.7 Å². The molecule has 0 bridgehead atoms. The van der Waals surface area contributed by atoms with E-state index in [-0.39, 0.29) is 5.91 Å². The molecule has 2 rings (SSSR count). The maximum absolute atomic E-state index is 11.6. The largest absolute Gasteiger partial charge is 0.472 e. The Kier molecular flexibility index (Phi) is 5.68. The molecule has 0 aliphatic carbocycles. The van der Waals surface area contributed by atoms with Crippen LogP contribution in [0.5, 0.6) is 0 Å². The molecule has 1 fully saturated rings. The molecule has 3 heteroatoms. The van der Waals surface area contributed by atoms with Gasteiger partial charge in [-0.05, 0) is 30.9 Å². The summed E-state index contributed by atoms with van der Waals surface area (Å²) >= 11 is 0. The molecule has 1 amide bonds. The Morgan fingerprint density at radius 1 is 1.38 bits per heavy atom. The van der Waals surface area contributed by atoms with Crippen molar-refractivity contribution in [1.82, 2.24) is 4.90 Å². The maximum atomic E-state index is 11.6. The van der Waals surface area contributed by atoms with E-state index < -0.39 is 0 Å². The normalized spacial score (nSPS) is 14.5. The first-order valence-electron chi connectivity index (χ1n) is 6.15. The standard InChI is InChI=1S/C11H15NO2.C2H6/c13-11(12-6-1-2-7-12)4-3-10-5-8-14-9-10;1-2/h5,8-9H,1-4,6-7H2;1-2H3. The zero-order chi connectivity index (χ0) is 11.8. The second-order valence-electron chi connectivity index (χ2n) is 3.72. The monoisotopic (exact) mass is 223 g/mol. The molecule has 0 unspecified atom stereocenters. The summed E-state index contributed by atoms with van der Waals surface area (Å²) in [5.41, 5.74) is 1.11. The Hall–Kier alpha value is -1.25. The Balaban J connectivity index is 0.000000606. The summed E-state index contributed by atoms with van der Waals surface area (Å²) in [7, 11) is 0. The number of rotatable bonds is 3. The number of furan rings is 1. The predicted octanol–water partition coefficient (Wildman–Crippen LogP) is 2.86. The lowest BCUT2D eigenvalue weighted by Gasteiger charge is -2.14. The fraction of sp³-hybridized carbons (Fsp3) is 0.615. The third kappa shape index (κ3) is 3.72. The molecular weight excluding hydrogens is 202 g/mol. The first kappa shape index (κ1) is 12.8. The van der Waals surface area contributed by atoms with Crippen molar-refractivity contribution < 1.29 is 9.21 Å². The number of aryl methyl sites for hydroxylation is 1. The third-order valence-corrected chi connectivity index (χ3v) is 2.67. The van der Waals surface area contributed by atoms with Crippen molar-refractivity contribution in [2.75, 3.05) is 13.1 Å². The second-order valence-corrected chi connectivity index (χ2v) is 3.72. The Bertz CT molecular complexity index is 287. The SMILES string of the molecule is CC.O=C(CCc1ccoc1)N1CCCC1. The van der Waals surface area contributed by atoms with Gasteiger partial charge in [0.1, 0.15) is 0 Å². The van der Waals surface area contributed by atoms with Crippen molar-refractivity contribution in [2.45, 2.75) is 39.5 Å². The van der Waals surface area contributed by atoms with E-state index in [9.17, 15) is 4.79 Å². The van der Waals surface area contributed by atoms with Crippen LogP contribution in [0.4, 0.5) is 0 Å². The average Bonchev–Trinajstić information content (AvgIpc) is 3.01. The van der Waals surface area contributed by atoms with Crippen LogP contribution in [0.2, 0.25) is 0 Å². The predicted molar refractivity (Wildman–Crippen MR) is 64.2 cm³/mol. The quantitative estimate of drug-likeness (QED) is 0.789. The highest BCUT2D eigenvalue weighted by Gasteiger charge is 2.17. The number of nitrogens with zero attached hydrogens (tertiary/aromatic N) is 1. The highest BCUT2D eigenvalue weighted by Crippen LogP contribution is 2.11. The second kappa shape index (κ2) is 7.09. The van der Waals surface area contributed by atoms with E-state index in [0.717, 1.165) is 37.9 Å². The van der Waals surface area contributed by atoms with E-state index in [1.54, 1.807) is 12.5 Å². The van der Waals surface area contributed by atoms with Gasteiger partial charge in [-0.15, -0.1) is 0 Å². The first-order chi connectivity index (χ1) is 7.86. The molecule has 0 atom stereocenters. The molecule has 3 nitrogen and oxygen atoms in total. The molecule has 1 aromatic rings. The van der Waals surface area contributed by atoms with Crippen LogP contribution < -0.4 is 0 Å². The Morgan fingerprint density at radius 3 is 2.62 bits per heavy atom. The van der Waals surface area contributed by atoms with Crippen LogP contribution in [0.3, 0.4) is 0 Å². The van der Waals surface area contributed by atoms with Crippen LogP contribution >= 0.6 is 0 Å². The van der Waals surface area contributed by atoms with Crippen molar-refractivity contribution >= 4 is 5.91 Å². The number of amides is 1. The Morgan fingerprint density at radius 2 is 2.06 bits per heavy atom. The first-order valence-corrected chi connectivity index (χ1v) is 6.15. The molecule has 1 aromatic heterocycles. The van der Waals surface area contributed by atoms with Gasteiger partial charge < -0.3 is 9.32 Å². The molecule has 0 saturated carbocycles. The van der Waals surface area contributed by atoms with Gasteiger partial charge in [0.15, 0.2) is 0 Å². The molecule has 90 valence electrons. The molecule has 16 heavy (non-hydrogen) atoms. The average molecular weight is 223 g/mol. The molecule has 0 radical (unpaired) electrons. The van der Waals surface area contributed by atoms with Crippen LogP contribution in [-0.2, 0) is 11.2 Å². The van der Waals surface area contributed by atoms with Gasteiger partial charge in [0.25, 0.3) is 0 Å². The lowest BCUT2D eigenvalue weighted by atomic mass is 10.2. The van der Waals surface area contributed by atoms with Gasteiger partial charge >= 0.3 is 0 Å². The van der Waals surface area contributed by atoms with E-state index in [1.165, 1.54) is 0 Å². The molecule has 1 saturated heterocycles. The molecule has 0 N–H and O–H groups in total. The lowest BCUT2D eigenvalue weighted by molar-refractivity contribution is -0.130. The molecule has 2 heterocycles. The van der Waals surface area contributed by atoms with Crippen molar-refractivity contribution in [2.24, 2.45) is 0 Å². The van der Waals surface area contributed by atoms with Gasteiger partial charge in [0.2, 0.25) is 5.91 Å². The van der Waals surface area contributed by atoms with Crippen LogP contribution in [0.25, 0.3) is 0 Å². The number of carbonyl (C=O) groups excluding carboxylic acids is 1. The van der Waals surface area contributed by atoms with E-state index in [0.29, 0.717) is 6.42 Å². The molecular formula is C13H21NO2. The number of hydrogen-bond donors (Lipinski definition) is 0. The van der Waals surface area contributed by atoms with Gasteiger partial charge in [-0.2, -0.15) is 0 Å². The molecule has 0 spiro atoms. The van der Waals surface area contributed by atoms with Gasteiger partial charge in [0.05, 0.1) is 12.5 Å². The van der Waals surface area contributed by atoms with Crippen LogP contribution in [0, 0.1) is 0 Å². The zero-order valence-electron chi connectivity index (χ0n) is 10.2. The summed E-state index contributed by atoms with van der Waals surface area (Å²) < 4.78 is 4.95. The topological polar surface area (TPSA) is 33.5 Å². The Labute approximate surface area is 97.4 Å². The van der Waals surface area contributed by atoms with Gasteiger partial charge in [-0.1, -0.05) is 13.8 Å². The fourth-order valence-corrected chi connectivity index (χ4v) is 1.81. The summed E-state index contributed by atoms with van der Waals surface area (Å²) in [5, 5.41) is 0. The van der Waals surface area contributed by atoms with E-state index in [2.05, 4.69) is 0 Å². The number of hydrogen-bond acceptors (Lipinski definition) is 2. The van der Waals surface area contributed by atoms with Crippen molar-refractivity contribution in [3.8, 4) is 0 Å². The van der Waals surface area contributed by atoms with Gasteiger partial charge in [-0.3, -0.25) is 4.79 Å². The van der Waals surface area contributed by atoms with Crippen molar-refractivity contribution in [1.29, 1.82) is 0 Å². The van der Waals surface area contributed by atoms with E-state index in [1.807, 2.05) is 24.8 Å². The minimum atomic E-state index is 0.281.